The van der Waals surface area contributed by atoms with Crippen LogP contribution in [-0.4, -0.2) is 26.4 Å². The Balaban J connectivity index is 2.67. The topological polar surface area (TPSA) is 72.2 Å². The molecule has 1 heterocycles. The number of aromatic nitrogens is 2. The fourth-order valence-electron chi connectivity index (χ4n) is 2.38. The van der Waals surface area contributed by atoms with Crippen LogP contribution in [0.3, 0.4) is 0 Å². The Morgan fingerprint density at radius 2 is 1.95 bits per heavy atom. The first-order valence-corrected chi connectivity index (χ1v) is 6.99. The molecule has 21 heavy (non-hydrogen) atoms. The Hall–Kier alpha value is -2.17. The first kappa shape index (κ1) is 15.2. The van der Waals surface area contributed by atoms with Gasteiger partial charge in [-0.15, -0.1) is 0 Å². The minimum Gasteiger partial charge on any atom is -0.480 e. The van der Waals surface area contributed by atoms with Crippen LogP contribution in [-0.2, 0) is 16.8 Å². The molecule has 0 saturated carbocycles. The van der Waals surface area contributed by atoms with Gasteiger partial charge in [-0.05, 0) is 18.2 Å². The summed E-state index contributed by atoms with van der Waals surface area (Å²) in [6.45, 7) is 7.65. The molecule has 112 valence electrons. The van der Waals surface area contributed by atoms with Crippen molar-refractivity contribution in [2.75, 3.05) is 0 Å². The van der Waals surface area contributed by atoms with Crippen molar-refractivity contribution in [1.82, 2.24) is 9.55 Å². The van der Waals surface area contributed by atoms with Crippen molar-refractivity contribution < 1.29 is 14.7 Å². The third-order valence-corrected chi connectivity index (χ3v) is 3.36. The maximum Gasteiger partial charge on any atom is 0.323 e. The largest absolute Gasteiger partial charge is 0.480 e. The molecule has 1 aromatic carbocycles. The molecule has 0 aliphatic carbocycles. The minimum absolute atomic E-state index is 0.0574. The number of imidazole rings is 1. The smallest absolute Gasteiger partial charge is 0.323 e. The van der Waals surface area contributed by atoms with Crippen molar-refractivity contribution in [2.45, 2.75) is 46.1 Å². The van der Waals surface area contributed by atoms with E-state index in [4.69, 9.17) is 5.11 Å². The van der Waals surface area contributed by atoms with Crippen LogP contribution in [0.4, 0.5) is 0 Å². The zero-order valence-corrected chi connectivity index (χ0v) is 12.8. The number of carbonyl (C=O) groups excluding carboxylic acids is 1. The number of benzene rings is 1. The zero-order chi connectivity index (χ0) is 15.8. The molecule has 0 spiro atoms. The second-order valence-corrected chi connectivity index (χ2v) is 6.15. The number of carbonyl (C=O) groups is 2. The maximum atomic E-state index is 11.8. The van der Waals surface area contributed by atoms with Gasteiger partial charge in [0.1, 0.15) is 12.4 Å². The van der Waals surface area contributed by atoms with Crippen molar-refractivity contribution in [3.8, 4) is 0 Å². The standard InChI is InChI=1S/C16H20N2O3/c1-5-13(19)10-6-7-12-11(8-10)17-15(16(2,3)4)18(12)9-14(20)21/h6-8H,5,9H2,1-4H3,(H,20,21). The molecule has 2 rings (SSSR count). The number of carboxylic acids is 1. The molecule has 0 bridgehead atoms. The summed E-state index contributed by atoms with van der Waals surface area (Å²) in [5, 5.41) is 9.11. The first-order valence-electron chi connectivity index (χ1n) is 6.99. The van der Waals surface area contributed by atoms with Crippen molar-refractivity contribution in [3.63, 3.8) is 0 Å². The highest BCUT2D eigenvalue weighted by Crippen LogP contribution is 2.27. The Bertz CT molecular complexity index is 708. The minimum atomic E-state index is -0.909. The van der Waals surface area contributed by atoms with Gasteiger partial charge in [0.15, 0.2) is 5.78 Å². The average molecular weight is 288 g/mol. The van der Waals surface area contributed by atoms with Crippen LogP contribution in [0.1, 0.15) is 50.3 Å². The number of carboxylic acid groups (broad SMARTS) is 1. The monoisotopic (exact) mass is 288 g/mol. The van der Waals surface area contributed by atoms with E-state index in [0.717, 1.165) is 5.52 Å². The summed E-state index contributed by atoms with van der Waals surface area (Å²) in [7, 11) is 0. The summed E-state index contributed by atoms with van der Waals surface area (Å²) in [6.07, 6.45) is 0.438. The Kier molecular flexibility index (Phi) is 3.85. The quantitative estimate of drug-likeness (QED) is 0.878. The van der Waals surface area contributed by atoms with Gasteiger partial charge in [0.25, 0.3) is 0 Å². The van der Waals surface area contributed by atoms with Crippen LogP contribution in [0.5, 0.6) is 0 Å². The lowest BCUT2D eigenvalue weighted by Gasteiger charge is -2.19. The normalized spacial score (nSPS) is 11.8. The van der Waals surface area contributed by atoms with Crippen molar-refractivity contribution in [3.05, 3.63) is 29.6 Å². The number of aliphatic carboxylic acids is 1. The highest BCUT2D eigenvalue weighted by atomic mass is 16.4. The molecule has 1 aromatic heterocycles. The van der Waals surface area contributed by atoms with Crippen molar-refractivity contribution in [1.29, 1.82) is 0 Å². The van der Waals surface area contributed by atoms with Gasteiger partial charge in [0.05, 0.1) is 11.0 Å². The second kappa shape index (κ2) is 5.31. The number of fused-ring (bicyclic) bond motifs is 1. The molecule has 5 nitrogen and oxygen atoms in total. The first-order chi connectivity index (χ1) is 9.74. The molecule has 0 fully saturated rings. The summed E-state index contributed by atoms with van der Waals surface area (Å²) < 4.78 is 1.71. The second-order valence-electron chi connectivity index (χ2n) is 6.15. The zero-order valence-electron chi connectivity index (χ0n) is 12.8. The fraction of sp³-hybridized carbons (Fsp3) is 0.438. The highest BCUT2D eigenvalue weighted by molar-refractivity contribution is 5.98. The number of hydrogen-bond acceptors (Lipinski definition) is 3. The SMILES string of the molecule is CCC(=O)c1ccc2c(c1)nc(C(C)(C)C)n2CC(=O)O. The highest BCUT2D eigenvalue weighted by Gasteiger charge is 2.24. The number of ketones is 1. The Morgan fingerprint density at radius 3 is 2.48 bits per heavy atom. The molecule has 0 amide bonds. The summed E-state index contributed by atoms with van der Waals surface area (Å²) >= 11 is 0. The van der Waals surface area contributed by atoms with Gasteiger partial charge in [-0.2, -0.15) is 0 Å². The molecule has 0 atom stereocenters. The van der Waals surface area contributed by atoms with E-state index in [0.29, 0.717) is 23.3 Å². The van der Waals surface area contributed by atoms with Crippen LogP contribution in [0.2, 0.25) is 0 Å². The molecule has 1 N–H and O–H groups in total. The fourth-order valence-corrected chi connectivity index (χ4v) is 2.38. The van der Waals surface area contributed by atoms with E-state index in [2.05, 4.69) is 4.98 Å². The summed E-state index contributed by atoms with van der Waals surface area (Å²) in [5.41, 5.74) is 1.75. The Morgan fingerprint density at radius 1 is 1.29 bits per heavy atom. The van der Waals surface area contributed by atoms with Crippen molar-refractivity contribution >= 4 is 22.8 Å². The van der Waals surface area contributed by atoms with Crippen LogP contribution >= 0.6 is 0 Å². The van der Waals surface area contributed by atoms with Gasteiger partial charge in [0.2, 0.25) is 0 Å². The van der Waals surface area contributed by atoms with Gasteiger partial charge in [-0.3, -0.25) is 9.59 Å². The lowest BCUT2D eigenvalue weighted by molar-refractivity contribution is -0.137. The molecule has 5 heteroatoms. The molecule has 0 aliphatic rings. The Labute approximate surface area is 123 Å². The number of nitrogens with zero attached hydrogens (tertiary/aromatic N) is 2. The van der Waals surface area contributed by atoms with Gasteiger partial charge < -0.3 is 9.67 Å². The van der Waals surface area contributed by atoms with Crippen LogP contribution in [0.25, 0.3) is 11.0 Å². The van der Waals surface area contributed by atoms with Gasteiger partial charge in [0, 0.05) is 17.4 Å². The third kappa shape index (κ3) is 2.96. The molecule has 0 radical (unpaired) electrons. The molecule has 0 aliphatic heterocycles. The van der Waals surface area contributed by atoms with Gasteiger partial charge >= 0.3 is 5.97 Å². The summed E-state index contributed by atoms with van der Waals surface area (Å²) in [4.78, 5) is 27.5. The van der Waals surface area contributed by atoms with Crippen LogP contribution < -0.4 is 0 Å². The van der Waals surface area contributed by atoms with E-state index in [-0.39, 0.29) is 17.7 Å². The molecule has 0 unspecified atom stereocenters. The van der Waals surface area contributed by atoms with Gasteiger partial charge in [-0.1, -0.05) is 27.7 Å². The van der Waals surface area contributed by atoms with E-state index in [9.17, 15) is 9.59 Å². The average Bonchev–Trinajstić information content (AvgIpc) is 2.75. The third-order valence-electron chi connectivity index (χ3n) is 3.36. The number of rotatable bonds is 4. The van der Waals surface area contributed by atoms with E-state index in [1.807, 2.05) is 27.7 Å². The van der Waals surface area contributed by atoms with E-state index >= 15 is 0 Å². The van der Waals surface area contributed by atoms with Crippen molar-refractivity contribution in [2.24, 2.45) is 0 Å². The van der Waals surface area contributed by atoms with E-state index in [1.54, 1.807) is 22.8 Å². The molecule has 2 aromatic rings. The summed E-state index contributed by atoms with van der Waals surface area (Å²) in [6, 6.07) is 5.26. The summed E-state index contributed by atoms with van der Waals surface area (Å²) in [5.74, 6) is -0.142. The lowest BCUT2D eigenvalue weighted by Crippen LogP contribution is -2.21. The van der Waals surface area contributed by atoms with E-state index in [1.165, 1.54) is 0 Å². The molecular formula is C16H20N2O3. The molecule has 0 saturated heterocycles. The van der Waals surface area contributed by atoms with Gasteiger partial charge in [-0.25, -0.2) is 4.98 Å². The maximum absolute atomic E-state index is 11.8. The number of Topliss-reactive ketones (excluding diaryl/α,β-unsaturated/α-hetero) is 1. The van der Waals surface area contributed by atoms with E-state index < -0.39 is 5.97 Å². The lowest BCUT2D eigenvalue weighted by atomic mass is 9.95. The molecular weight excluding hydrogens is 268 g/mol. The predicted octanol–water partition coefficient (Wildman–Crippen LogP) is 3.01. The van der Waals surface area contributed by atoms with Crippen LogP contribution in [0.15, 0.2) is 18.2 Å². The predicted molar refractivity (Wildman–Crippen MR) is 80.7 cm³/mol. The van der Waals surface area contributed by atoms with Crippen LogP contribution in [0, 0.1) is 0 Å². The number of hydrogen-bond donors (Lipinski definition) is 1.